The molecule has 0 aliphatic carbocycles. The van der Waals surface area contributed by atoms with E-state index in [2.05, 4.69) is 31.3 Å². The third-order valence-corrected chi connectivity index (χ3v) is 5.27. The van der Waals surface area contributed by atoms with Gasteiger partial charge in [-0.2, -0.15) is 0 Å². The lowest BCUT2D eigenvalue weighted by atomic mass is 10.00. The SMILES string of the molecule is CC(C)Cc1ccc([C@@H](C)NC(=O)COC(=O)Cc2ccc(-c3ccccc3)cc2)cc1. The molecule has 4 nitrogen and oxygen atoms in total. The Hall–Kier alpha value is -3.40. The van der Waals surface area contributed by atoms with Gasteiger partial charge in [0.15, 0.2) is 6.61 Å². The molecule has 1 atom stereocenters. The van der Waals surface area contributed by atoms with Crippen molar-refractivity contribution < 1.29 is 14.3 Å². The number of esters is 1. The quantitative estimate of drug-likeness (QED) is 0.456. The summed E-state index contributed by atoms with van der Waals surface area (Å²) in [5, 5.41) is 2.89. The van der Waals surface area contributed by atoms with E-state index < -0.39 is 5.97 Å². The number of carbonyl (C=O) groups excluding carboxylic acids is 2. The first kappa shape index (κ1) is 23.3. The zero-order chi connectivity index (χ0) is 22.9. The van der Waals surface area contributed by atoms with Crippen molar-refractivity contribution in [3.8, 4) is 11.1 Å². The van der Waals surface area contributed by atoms with E-state index in [1.807, 2.05) is 73.7 Å². The van der Waals surface area contributed by atoms with Crippen LogP contribution in [0.3, 0.4) is 0 Å². The molecule has 1 N–H and O–H groups in total. The van der Waals surface area contributed by atoms with Crippen molar-refractivity contribution >= 4 is 11.9 Å². The molecule has 3 rings (SSSR count). The molecule has 0 aliphatic heterocycles. The number of amides is 1. The number of ether oxygens (including phenoxy) is 1. The van der Waals surface area contributed by atoms with Crippen molar-refractivity contribution in [3.63, 3.8) is 0 Å². The van der Waals surface area contributed by atoms with E-state index in [-0.39, 0.29) is 25.0 Å². The highest BCUT2D eigenvalue weighted by atomic mass is 16.5. The Labute approximate surface area is 190 Å². The molecule has 3 aromatic rings. The highest BCUT2D eigenvalue weighted by Crippen LogP contribution is 2.19. The first-order valence-electron chi connectivity index (χ1n) is 11.1. The highest BCUT2D eigenvalue weighted by molar-refractivity contribution is 5.81. The number of hydrogen-bond acceptors (Lipinski definition) is 3. The fourth-order valence-corrected chi connectivity index (χ4v) is 3.59. The summed E-state index contributed by atoms with van der Waals surface area (Å²) in [6.45, 7) is 6.03. The van der Waals surface area contributed by atoms with Gasteiger partial charge in [0.05, 0.1) is 12.5 Å². The number of nitrogens with one attached hydrogen (secondary N) is 1. The van der Waals surface area contributed by atoms with Crippen LogP contribution in [-0.4, -0.2) is 18.5 Å². The van der Waals surface area contributed by atoms with Crippen molar-refractivity contribution in [3.05, 3.63) is 95.6 Å². The molecule has 0 radical (unpaired) electrons. The summed E-state index contributed by atoms with van der Waals surface area (Å²) < 4.78 is 5.17. The molecule has 0 spiro atoms. The Kier molecular flexibility index (Phi) is 8.20. The zero-order valence-corrected chi connectivity index (χ0v) is 19.0. The molecule has 32 heavy (non-hydrogen) atoms. The molecular formula is C28H31NO3. The van der Waals surface area contributed by atoms with Gasteiger partial charge in [-0.3, -0.25) is 9.59 Å². The normalized spacial score (nSPS) is 11.8. The van der Waals surface area contributed by atoms with Crippen LogP contribution in [0.4, 0.5) is 0 Å². The maximum Gasteiger partial charge on any atom is 0.310 e. The second kappa shape index (κ2) is 11.3. The van der Waals surface area contributed by atoms with Gasteiger partial charge in [-0.05, 0) is 47.1 Å². The monoisotopic (exact) mass is 429 g/mol. The minimum absolute atomic E-state index is 0.134. The fraction of sp³-hybridized carbons (Fsp3) is 0.286. The molecule has 0 aromatic heterocycles. The maximum absolute atomic E-state index is 12.2. The van der Waals surface area contributed by atoms with Gasteiger partial charge in [-0.15, -0.1) is 0 Å². The first-order chi connectivity index (χ1) is 15.4. The zero-order valence-electron chi connectivity index (χ0n) is 19.0. The minimum Gasteiger partial charge on any atom is -0.455 e. The summed E-state index contributed by atoms with van der Waals surface area (Å²) >= 11 is 0. The van der Waals surface area contributed by atoms with Gasteiger partial charge in [-0.25, -0.2) is 0 Å². The lowest BCUT2D eigenvalue weighted by Crippen LogP contribution is -2.31. The van der Waals surface area contributed by atoms with E-state index in [1.165, 1.54) is 5.56 Å². The highest BCUT2D eigenvalue weighted by Gasteiger charge is 2.13. The fourth-order valence-electron chi connectivity index (χ4n) is 3.59. The smallest absolute Gasteiger partial charge is 0.310 e. The minimum atomic E-state index is -0.418. The predicted octanol–water partition coefficient (Wildman–Crippen LogP) is 5.52. The maximum atomic E-state index is 12.2. The summed E-state index contributed by atoms with van der Waals surface area (Å²) in [6, 6.07) is 26.0. The third kappa shape index (κ3) is 7.09. The van der Waals surface area contributed by atoms with E-state index >= 15 is 0 Å². The average Bonchev–Trinajstić information content (AvgIpc) is 2.79. The van der Waals surface area contributed by atoms with Gasteiger partial charge < -0.3 is 10.1 Å². The van der Waals surface area contributed by atoms with Crippen molar-refractivity contribution in [2.75, 3.05) is 6.61 Å². The van der Waals surface area contributed by atoms with Gasteiger partial charge in [-0.1, -0.05) is 92.7 Å². The molecule has 0 aliphatic rings. The van der Waals surface area contributed by atoms with E-state index in [1.54, 1.807) is 0 Å². The number of carbonyl (C=O) groups is 2. The van der Waals surface area contributed by atoms with Crippen LogP contribution in [0.5, 0.6) is 0 Å². The molecule has 0 saturated carbocycles. The van der Waals surface area contributed by atoms with Gasteiger partial charge >= 0.3 is 5.97 Å². The third-order valence-electron chi connectivity index (χ3n) is 5.27. The summed E-state index contributed by atoms with van der Waals surface area (Å²) in [5.74, 6) is -0.121. The van der Waals surface area contributed by atoms with Crippen molar-refractivity contribution in [2.24, 2.45) is 5.92 Å². The van der Waals surface area contributed by atoms with Crippen molar-refractivity contribution in [1.29, 1.82) is 0 Å². The Morgan fingerprint density at radius 3 is 2.00 bits per heavy atom. The van der Waals surface area contributed by atoms with Gasteiger partial charge in [0.2, 0.25) is 0 Å². The Bertz CT molecular complexity index is 1010. The van der Waals surface area contributed by atoms with Crippen LogP contribution >= 0.6 is 0 Å². The van der Waals surface area contributed by atoms with E-state index in [9.17, 15) is 9.59 Å². The van der Waals surface area contributed by atoms with Crippen molar-refractivity contribution in [2.45, 2.75) is 39.7 Å². The van der Waals surface area contributed by atoms with E-state index in [4.69, 9.17) is 4.74 Å². The molecule has 1 amide bonds. The van der Waals surface area contributed by atoms with Crippen LogP contribution in [0.15, 0.2) is 78.9 Å². The Balaban J connectivity index is 1.43. The summed E-state index contributed by atoms with van der Waals surface area (Å²) in [6.07, 6.45) is 1.17. The van der Waals surface area contributed by atoms with Gasteiger partial charge in [0.1, 0.15) is 0 Å². The second-order valence-electron chi connectivity index (χ2n) is 8.53. The molecule has 0 bridgehead atoms. The molecular weight excluding hydrogens is 398 g/mol. The number of hydrogen-bond donors (Lipinski definition) is 1. The molecule has 166 valence electrons. The molecule has 3 aromatic carbocycles. The number of benzene rings is 3. The van der Waals surface area contributed by atoms with Crippen molar-refractivity contribution in [1.82, 2.24) is 5.32 Å². The number of rotatable bonds is 9. The average molecular weight is 430 g/mol. The van der Waals surface area contributed by atoms with Crippen LogP contribution in [0.2, 0.25) is 0 Å². The molecule has 0 fully saturated rings. The lowest BCUT2D eigenvalue weighted by Gasteiger charge is -2.15. The van der Waals surface area contributed by atoms with Crippen LogP contribution < -0.4 is 5.32 Å². The van der Waals surface area contributed by atoms with Crippen LogP contribution in [0, 0.1) is 5.92 Å². The summed E-state index contributed by atoms with van der Waals surface area (Å²) in [5.41, 5.74) is 5.38. The topological polar surface area (TPSA) is 55.4 Å². The molecule has 4 heteroatoms. The van der Waals surface area contributed by atoms with Gasteiger partial charge in [0, 0.05) is 0 Å². The molecule has 0 saturated heterocycles. The predicted molar refractivity (Wildman–Crippen MR) is 128 cm³/mol. The lowest BCUT2D eigenvalue weighted by molar-refractivity contribution is -0.148. The van der Waals surface area contributed by atoms with Crippen LogP contribution in [0.25, 0.3) is 11.1 Å². The molecule has 0 unspecified atom stereocenters. The van der Waals surface area contributed by atoms with Crippen LogP contribution in [0.1, 0.15) is 43.5 Å². The van der Waals surface area contributed by atoms with E-state index in [0.717, 1.165) is 28.7 Å². The molecule has 0 heterocycles. The standard InChI is InChI=1S/C28H31NO3/c1-20(2)17-22-9-13-24(14-10-22)21(3)29-27(30)19-32-28(31)18-23-11-15-26(16-12-23)25-7-5-4-6-8-25/h4-16,20-21H,17-19H2,1-3H3,(H,29,30)/t21-/m1/s1. The van der Waals surface area contributed by atoms with Gasteiger partial charge in [0.25, 0.3) is 5.91 Å². The Morgan fingerprint density at radius 2 is 1.38 bits per heavy atom. The summed E-state index contributed by atoms with van der Waals surface area (Å²) in [4.78, 5) is 24.4. The Morgan fingerprint density at radius 1 is 0.781 bits per heavy atom. The second-order valence-corrected chi connectivity index (χ2v) is 8.53. The summed E-state index contributed by atoms with van der Waals surface area (Å²) in [7, 11) is 0. The van der Waals surface area contributed by atoms with Crippen LogP contribution in [-0.2, 0) is 27.2 Å². The largest absolute Gasteiger partial charge is 0.455 e. The van der Waals surface area contributed by atoms with E-state index in [0.29, 0.717) is 5.92 Å². The first-order valence-corrected chi connectivity index (χ1v) is 11.1.